The van der Waals surface area contributed by atoms with Gasteiger partial charge in [-0.3, -0.25) is 0 Å². The fraction of sp³-hybridized carbons (Fsp3) is 0.316. The van der Waals surface area contributed by atoms with Gasteiger partial charge in [0.25, 0.3) is 0 Å². The van der Waals surface area contributed by atoms with E-state index in [9.17, 15) is 4.79 Å². The van der Waals surface area contributed by atoms with E-state index >= 15 is 0 Å². The third-order valence-corrected chi connectivity index (χ3v) is 3.33. The molecule has 0 aliphatic heterocycles. The third kappa shape index (κ3) is 7.03. The lowest BCUT2D eigenvalue weighted by atomic mass is 10.3. The number of para-hydroxylation sites is 1. The summed E-state index contributed by atoms with van der Waals surface area (Å²) < 4.78 is 16.4. The summed E-state index contributed by atoms with van der Waals surface area (Å²) in [6.45, 7) is 3.09. The van der Waals surface area contributed by atoms with Gasteiger partial charge in [0.05, 0.1) is 20.2 Å². The Balaban J connectivity index is 1.59. The predicted octanol–water partition coefficient (Wildman–Crippen LogP) is 2.84. The largest absolute Gasteiger partial charge is 0.497 e. The van der Waals surface area contributed by atoms with E-state index in [0.29, 0.717) is 25.4 Å². The molecule has 0 aromatic heterocycles. The van der Waals surface area contributed by atoms with Gasteiger partial charge in [0, 0.05) is 6.07 Å². The van der Waals surface area contributed by atoms with Gasteiger partial charge in [-0.15, -0.1) is 0 Å². The number of ether oxygens (including phenoxy) is 3. The standard InChI is InChI=1S/C19H24N2O4/c1-15(25-16-7-4-3-5-8-16)14-21-19(22)20-11-12-24-18-10-6-9-17(13-18)23-2/h3-10,13,15H,11-12,14H2,1-2H3,(H2,20,21,22). The lowest BCUT2D eigenvalue weighted by Gasteiger charge is -2.16. The number of hydrogen-bond acceptors (Lipinski definition) is 4. The summed E-state index contributed by atoms with van der Waals surface area (Å²) in [6.07, 6.45) is -0.124. The molecule has 0 aliphatic rings. The zero-order valence-corrected chi connectivity index (χ0v) is 14.5. The molecule has 6 heteroatoms. The maximum atomic E-state index is 11.8. The van der Waals surface area contributed by atoms with Crippen LogP contribution >= 0.6 is 0 Å². The summed E-state index contributed by atoms with van der Waals surface area (Å²) >= 11 is 0. The Hall–Kier alpha value is -2.89. The molecule has 0 spiro atoms. The van der Waals surface area contributed by atoms with Crippen molar-refractivity contribution in [2.24, 2.45) is 0 Å². The summed E-state index contributed by atoms with van der Waals surface area (Å²) in [7, 11) is 1.60. The molecule has 0 bridgehead atoms. The van der Waals surface area contributed by atoms with Crippen molar-refractivity contribution < 1.29 is 19.0 Å². The lowest BCUT2D eigenvalue weighted by Crippen LogP contribution is -2.41. The van der Waals surface area contributed by atoms with Crippen LogP contribution in [0.5, 0.6) is 17.2 Å². The summed E-state index contributed by atoms with van der Waals surface area (Å²) in [5.41, 5.74) is 0. The molecule has 0 heterocycles. The Morgan fingerprint density at radius 2 is 1.72 bits per heavy atom. The van der Waals surface area contributed by atoms with Gasteiger partial charge in [-0.1, -0.05) is 24.3 Å². The molecule has 1 unspecified atom stereocenters. The summed E-state index contributed by atoms with van der Waals surface area (Å²) in [5.74, 6) is 2.21. The fourth-order valence-electron chi connectivity index (χ4n) is 2.10. The number of hydrogen-bond donors (Lipinski definition) is 2. The van der Waals surface area contributed by atoms with Gasteiger partial charge in [0.1, 0.15) is 30.0 Å². The highest BCUT2D eigenvalue weighted by Gasteiger charge is 2.06. The fourth-order valence-corrected chi connectivity index (χ4v) is 2.10. The molecule has 2 aromatic carbocycles. The van der Waals surface area contributed by atoms with Crippen LogP contribution in [0.3, 0.4) is 0 Å². The van der Waals surface area contributed by atoms with E-state index in [-0.39, 0.29) is 12.1 Å². The molecule has 1 atom stereocenters. The molecule has 2 amide bonds. The van der Waals surface area contributed by atoms with Crippen molar-refractivity contribution in [3.8, 4) is 17.2 Å². The molecule has 2 N–H and O–H groups in total. The first-order chi connectivity index (χ1) is 12.2. The number of carbonyl (C=O) groups is 1. The van der Waals surface area contributed by atoms with Crippen molar-refractivity contribution in [3.63, 3.8) is 0 Å². The van der Waals surface area contributed by atoms with Crippen LogP contribution in [-0.2, 0) is 0 Å². The van der Waals surface area contributed by atoms with Gasteiger partial charge in [-0.25, -0.2) is 4.79 Å². The van der Waals surface area contributed by atoms with Crippen LogP contribution in [0, 0.1) is 0 Å². The van der Waals surface area contributed by atoms with Crippen molar-refractivity contribution in [3.05, 3.63) is 54.6 Å². The molecule has 2 aromatic rings. The number of carbonyl (C=O) groups excluding carboxylic acids is 1. The molecular weight excluding hydrogens is 320 g/mol. The van der Waals surface area contributed by atoms with Crippen molar-refractivity contribution in [2.75, 3.05) is 26.8 Å². The van der Waals surface area contributed by atoms with Crippen LogP contribution < -0.4 is 24.8 Å². The Morgan fingerprint density at radius 3 is 2.48 bits per heavy atom. The highest BCUT2D eigenvalue weighted by molar-refractivity contribution is 5.73. The molecule has 0 saturated heterocycles. The first kappa shape index (κ1) is 18.4. The molecule has 25 heavy (non-hydrogen) atoms. The molecule has 0 saturated carbocycles. The normalized spacial score (nSPS) is 11.3. The van der Waals surface area contributed by atoms with Crippen molar-refractivity contribution in [1.29, 1.82) is 0 Å². The average molecular weight is 344 g/mol. The van der Waals surface area contributed by atoms with E-state index in [1.54, 1.807) is 13.2 Å². The first-order valence-corrected chi connectivity index (χ1v) is 8.17. The monoisotopic (exact) mass is 344 g/mol. The van der Waals surface area contributed by atoms with Gasteiger partial charge in [0.2, 0.25) is 0 Å². The quantitative estimate of drug-likeness (QED) is 0.687. The minimum atomic E-state index is -0.252. The van der Waals surface area contributed by atoms with Gasteiger partial charge in [-0.2, -0.15) is 0 Å². The summed E-state index contributed by atoms with van der Waals surface area (Å²) in [6, 6.07) is 16.6. The minimum absolute atomic E-state index is 0.124. The number of benzene rings is 2. The zero-order valence-electron chi connectivity index (χ0n) is 14.5. The number of urea groups is 1. The van der Waals surface area contributed by atoms with E-state index in [0.717, 1.165) is 11.5 Å². The second-order valence-electron chi connectivity index (χ2n) is 5.41. The van der Waals surface area contributed by atoms with E-state index in [2.05, 4.69) is 10.6 Å². The Morgan fingerprint density at radius 1 is 1.00 bits per heavy atom. The predicted molar refractivity (Wildman–Crippen MR) is 96.4 cm³/mol. The smallest absolute Gasteiger partial charge is 0.315 e. The summed E-state index contributed by atoms with van der Waals surface area (Å²) in [5, 5.41) is 5.51. The first-order valence-electron chi connectivity index (χ1n) is 8.17. The van der Waals surface area contributed by atoms with Crippen LogP contribution in [0.1, 0.15) is 6.92 Å². The van der Waals surface area contributed by atoms with Crippen LogP contribution in [0.25, 0.3) is 0 Å². The molecule has 6 nitrogen and oxygen atoms in total. The van der Waals surface area contributed by atoms with Crippen LogP contribution in [0.2, 0.25) is 0 Å². The second-order valence-corrected chi connectivity index (χ2v) is 5.41. The minimum Gasteiger partial charge on any atom is -0.497 e. The summed E-state index contributed by atoms with van der Waals surface area (Å²) in [4.78, 5) is 11.8. The van der Waals surface area contributed by atoms with E-state index < -0.39 is 0 Å². The number of amides is 2. The van der Waals surface area contributed by atoms with E-state index in [1.165, 1.54) is 0 Å². The zero-order chi connectivity index (χ0) is 17.9. The lowest BCUT2D eigenvalue weighted by molar-refractivity contribution is 0.206. The maximum Gasteiger partial charge on any atom is 0.315 e. The Labute approximate surface area is 148 Å². The third-order valence-electron chi connectivity index (χ3n) is 3.33. The highest BCUT2D eigenvalue weighted by Crippen LogP contribution is 2.18. The SMILES string of the molecule is COc1cccc(OCCNC(=O)NCC(C)Oc2ccccc2)c1. The van der Waals surface area contributed by atoms with Gasteiger partial charge >= 0.3 is 6.03 Å². The average Bonchev–Trinajstić information content (AvgIpc) is 2.64. The number of methoxy groups -OCH3 is 1. The van der Waals surface area contributed by atoms with Crippen LogP contribution in [0.4, 0.5) is 4.79 Å². The van der Waals surface area contributed by atoms with Crippen molar-refractivity contribution in [1.82, 2.24) is 10.6 Å². The van der Waals surface area contributed by atoms with Crippen molar-refractivity contribution >= 4 is 6.03 Å². The second kappa shape index (κ2) is 10.1. The van der Waals surface area contributed by atoms with Gasteiger partial charge in [-0.05, 0) is 31.2 Å². The van der Waals surface area contributed by atoms with Crippen molar-refractivity contribution in [2.45, 2.75) is 13.0 Å². The molecule has 0 fully saturated rings. The van der Waals surface area contributed by atoms with Crippen LogP contribution in [0.15, 0.2) is 54.6 Å². The molecular formula is C19H24N2O4. The van der Waals surface area contributed by atoms with E-state index in [4.69, 9.17) is 14.2 Å². The number of nitrogens with one attached hydrogen (secondary N) is 2. The van der Waals surface area contributed by atoms with Crippen LogP contribution in [-0.4, -0.2) is 38.9 Å². The Kier molecular flexibility index (Phi) is 7.43. The van der Waals surface area contributed by atoms with Gasteiger partial charge < -0.3 is 24.8 Å². The maximum absolute atomic E-state index is 11.8. The molecule has 2 rings (SSSR count). The van der Waals surface area contributed by atoms with Gasteiger partial charge in [0.15, 0.2) is 0 Å². The molecule has 0 aliphatic carbocycles. The van der Waals surface area contributed by atoms with E-state index in [1.807, 2.05) is 55.5 Å². The molecule has 0 radical (unpaired) electrons. The number of rotatable bonds is 9. The highest BCUT2D eigenvalue weighted by atomic mass is 16.5. The topological polar surface area (TPSA) is 68.8 Å². The molecule has 134 valence electrons. The Bertz CT molecular complexity index is 649.